The molecule has 8 nitrogen and oxygen atoms in total. The van der Waals surface area contributed by atoms with E-state index in [1.807, 2.05) is 12.1 Å². The number of hydrogen-bond donors (Lipinski definition) is 2. The second-order valence-electron chi connectivity index (χ2n) is 11.3. The van der Waals surface area contributed by atoms with Crippen LogP contribution in [0.15, 0.2) is 84.0 Å². The van der Waals surface area contributed by atoms with Crippen molar-refractivity contribution >= 4 is 34.9 Å². The number of carbonyl (C=O) groups is 3. The van der Waals surface area contributed by atoms with E-state index >= 15 is 0 Å². The Hall–Kier alpha value is -5.32. The van der Waals surface area contributed by atoms with Gasteiger partial charge in [-0.15, -0.1) is 0 Å². The fraction of sp³-hybridized carbons (Fsp3) is 0.182. The molecule has 4 aromatic rings. The Bertz CT molecular complexity index is 1930. The molecule has 220 valence electrons. The Labute approximate surface area is 249 Å². The molecule has 7 rings (SSSR count). The Kier molecular flexibility index (Phi) is 6.17. The first-order valence-electron chi connectivity index (χ1n) is 13.9. The van der Waals surface area contributed by atoms with Gasteiger partial charge in [0.2, 0.25) is 11.8 Å². The summed E-state index contributed by atoms with van der Waals surface area (Å²) in [6, 6.07) is 17.3. The number of hydrogen-bond acceptors (Lipinski definition) is 5. The normalized spacial score (nSPS) is 21.7. The van der Waals surface area contributed by atoms with Crippen LogP contribution in [0.4, 0.5) is 24.7 Å². The summed E-state index contributed by atoms with van der Waals surface area (Å²) in [6.45, 7) is 0.895. The number of pyridine rings is 1. The van der Waals surface area contributed by atoms with Crippen LogP contribution in [-0.4, -0.2) is 39.9 Å². The summed E-state index contributed by atoms with van der Waals surface area (Å²) in [4.78, 5) is 49.9. The second-order valence-corrected chi connectivity index (χ2v) is 11.3. The summed E-state index contributed by atoms with van der Waals surface area (Å²) in [7, 11) is 0. The molecule has 3 amide bonds. The van der Waals surface area contributed by atoms with Gasteiger partial charge < -0.3 is 10.6 Å². The highest BCUT2D eigenvalue weighted by Gasteiger charge is 2.51. The minimum atomic E-state index is -1.71. The maximum atomic E-state index is 14.7. The van der Waals surface area contributed by atoms with E-state index in [1.165, 1.54) is 31.2 Å². The van der Waals surface area contributed by atoms with Crippen molar-refractivity contribution in [2.45, 2.75) is 30.8 Å². The van der Waals surface area contributed by atoms with E-state index in [1.54, 1.807) is 24.4 Å². The van der Waals surface area contributed by atoms with Crippen molar-refractivity contribution in [3.05, 3.63) is 124 Å². The van der Waals surface area contributed by atoms with Gasteiger partial charge in [-0.05, 0) is 73.4 Å². The third kappa shape index (κ3) is 4.26. The molecule has 2 atom stereocenters. The van der Waals surface area contributed by atoms with Gasteiger partial charge in [-0.2, -0.15) is 0 Å². The number of halogens is 3. The van der Waals surface area contributed by atoms with E-state index in [0.717, 1.165) is 33.7 Å². The first kappa shape index (κ1) is 27.5. The molecule has 3 aromatic carbocycles. The molecule has 1 aromatic heterocycles. The molecule has 0 bridgehead atoms. The Morgan fingerprint density at radius 3 is 2.48 bits per heavy atom. The minimum absolute atomic E-state index is 0.0186. The van der Waals surface area contributed by atoms with Gasteiger partial charge in [0.15, 0.2) is 5.66 Å². The largest absolute Gasteiger partial charge is 0.325 e. The van der Waals surface area contributed by atoms with Crippen LogP contribution in [0.2, 0.25) is 0 Å². The van der Waals surface area contributed by atoms with Crippen molar-refractivity contribution in [2.24, 2.45) is 4.99 Å². The van der Waals surface area contributed by atoms with E-state index in [9.17, 15) is 27.6 Å². The number of amides is 3. The van der Waals surface area contributed by atoms with Crippen molar-refractivity contribution in [3.8, 4) is 0 Å². The smallest absolute Gasteiger partial charge is 0.275 e. The van der Waals surface area contributed by atoms with Crippen LogP contribution in [0.1, 0.15) is 34.7 Å². The standard InChI is InChI=1S/C33H24F3N5O3/c1-32(20-12-21(34)14-22(35)13-20)40-28(24-5-2-3-7-26(24)36)30(43)41(32)17-27(42)38-23-9-8-18-15-33(16-19(18)11-23)25-6-4-10-37-29(25)39-31(33)44/h2-14H,15-17H2,1H3,(H,38,42)(H,37,39,44)/t32-,33?/m1/s1. The number of rotatable bonds is 5. The molecule has 44 heavy (non-hydrogen) atoms. The van der Waals surface area contributed by atoms with E-state index in [4.69, 9.17) is 0 Å². The molecule has 0 fully saturated rings. The number of nitrogens with zero attached hydrogens (tertiary/aromatic N) is 3. The van der Waals surface area contributed by atoms with Gasteiger partial charge in [0.25, 0.3) is 5.91 Å². The average molecular weight is 596 g/mol. The van der Waals surface area contributed by atoms with Crippen molar-refractivity contribution in [1.82, 2.24) is 9.88 Å². The van der Waals surface area contributed by atoms with Gasteiger partial charge in [-0.25, -0.2) is 23.1 Å². The van der Waals surface area contributed by atoms with Crippen LogP contribution in [0, 0.1) is 17.5 Å². The summed E-state index contributed by atoms with van der Waals surface area (Å²) < 4.78 is 43.3. The fourth-order valence-electron chi connectivity index (χ4n) is 6.44. The predicted octanol–water partition coefficient (Wildman–Crippen LogP) is 4.63. The monoisotopic (exact) mass is 595 g/mol. The molecule has 0 saturated carbocycles. The third-order valence-corrected chi connectivity index (χ3v) is 8.61. The zero-order valence-electron chi connectivity index (χ0n) is 23.3. The molecule has 2 N–H and O–H groups in total. The molecule has 3 heterocycles. The van der Waals surface area contributed by atoms with Gasteiger partial charge in [0.05, 0.1) is 5.41 Å². The van der Waals surface area contributed by atoms with Gasteiger partial charge in [0.1, 0.15) is 35.5 Å². The van der Waals surface area contributed by atoms with Gasteiger partial charge in [-0.3, -0.25) is 19.3 Å². The zero-order chi connectivity index (χ0) is 30.8. The first-order valence-corrected chi connectivity index (χ1v) is 13.9. The van der Waals surface area contributed by atoms with Crippen LogP contribution < -0.4 is 10.6 Å². The molecule has 1 unspecified atom stereocenters. The van der Waals surface area contributed by atoms with Gasteiger partial charge >= 0.3 is 0 Å². The molecule has 11 heteroatoms. The number of anilines is 2. The number of nitrogens with one attached hydrogen (secondary N) is 2. The maximum Gasteiger partial charge on any atom is 0.275 e. The fourth-order valence-corrected chi connectivity index (χ4v) is 6.44. The van der Waals surface area contributed by atoms with Gasteiger partial charge in [0, 0.05) is 34.6 Å². The lowest BCUT2D eigenvalue weighted by atomic mass is 9.79. The van der Waals surface area contributed by atoms with Crippen molar-refractivity contribution in [3.63, 3.8) is 0 Å². The highest BCUT2D eigenvalue weighted by atomic mass is 19.1. The van der Waals surface area contributed by atoms with Crippen LogP contribution in [-0.2, 0) is 38.3 Å². The van der Waals surface area contributed by atoms with Crippen LogP contribution >= 0.6 is 0 Å². The molecule has 2 aliphatic heterocycles. The second kappa shape index (κ2) is 9.87. The first-order chi connectivity index (χ1) is 21.1. The molecular formula is C33H24F3N5O3. The summed E-state index contributed by atoms with van der Waals surface area (Å²) in [6.07, 6.45) is 2.53. The van der Waals surface area contributed by atoms with Gasteiger partial charge in [-0.1, -0.05) is 24.3 Å². The molecule has 0 radical (unpaired) electrons. The van der Waals surface area contributed by atoms with Crippen LogP contribution in [0.5, 0.6) is 0 Å². The van der Waals surface area contributed by atoms with E-state index in [0.29, 0.717) is 30.4 Å². The number of carbonyl (C=O) groups excluding carboxylic acids is 3. The molecule has 3 aliphatic rings. The summed E-state index contributed by atoms with van der Waals surface area (Å²) >= 11 is 0. The van der Waals surface area contributed by atoms with E-state index in [2.05, 4.69) is 20.6 Å². The van der Waals surface area contributed by atoms with Crippen molar-refractivity contribution < 1.29 is 27.6 Å². The highest BCUT2D eigenvalue weighted by molar-refractivity contribution is 6.47. The maximum absolute atomic E-state index is 14.7. The molecule has 0 saturated heterocycles. The quantitative estimate of drug-likeness (QED) is 0.351. The molecular weight excluding hydrogens is 571 g/mol. The topological polar surface area (TPSA) is 104 Å². The van der Waals surface area contributed by atoms with E-state index < -0.39 is 46.9 Å². The summed E-state index contributed by atoms with van der Waals surface area (Å²) in [5.74, 6) is -3.44. The van der Waals surface area contributed by atoms with Crippen LogP contribution in [0.25, 0.3) is 0 Å². The predicted molar refractivity (Wildman–Crippen MR) is 155 cm³/mol. The average Bonchev–Trinajstić information content (AvgIpc) is 3.59. The van der Waals surface area contributed by atoms with E-state index in [-0.39, 0.29) is 22.7 Å². The highest BCUT2D eigenvalue weighted by Crippen LogP contribution is 2.47. The van der Waals surface area contributed by atoms with Crippen molar-refractivity contribution in [2.75, 3.05) is 17.2 Å². The molecule has 1 spiro atoms. The lowest BCUT2D eigenvalue weighted by molar-refractivity contribution is -0.132. The Morgan fingerprint density at radius 1 is 0.955 bits per heavy atom. The summed E-state index contributed by atoms with van der Waals surface area (Å²) in [5.41, 5.74) is 0.254. The third-order valence-electron chi connectivity index (χ3n) is 8.61. The van der Waals surface area contributed by atoms with Crippen LogP contribution in [0.3, 0.4) is 0 Å². The Balaban J connectivity index is 1.16. The zero-order valence-corrected chi connectivity index (χ0v) is 23.3. The minimum Gasteiger partial charge on any atom is -0.325 e. The van der Waals surface area contributed by atoms with Crippen molar-refractivity contribution in [1.29, 1.82) is 0 Å². The lowest BCUT2D eigenvalue weighted by Gasteiger charge is -2.33. The SMILES string of the molecule is C[C@@]1(c2cc(F)cc(F)c2)N=C(c2ccccc2F)C(=O)N1CC(=O)Nc1ccc2c(c1)CC1(C2)C(=O)Nc2ncccc21. The molecule has 1 aliphatic carbocycles. The summed E-state index contributed by atoms with van der Waals surface area (Å²) in [5, 5.41) is 5.65. The number of benzene rings is 3. The number of aromatic nitrogens is 1. The Morgan fingerprint density at radius 2 is 1.70 bits per heavy atom. The lowest BCUT2D eigenvalue weighted by Crippen LogP contribution is -2.47. The number of aliphatic imine (C=N–C) groups is 1. The number of fused-ring (bicyclic) bond motifs is 3.